The summed E-state index contributed by atoms with van der Waals surface area (Å²) in [6, 6.07) is 3.74. The molecular weight excluding hydrogens is 347 g/mol. The fraction of sp³-hybridized carbons (Fsp3) is 0.600. The Morgan fingerprint density at radius 2 is 1.74 bits per heavy atom. The van der Waals surface area contributed by atoms with E-state index in [-0.39, 0.29) is 16.2 Å². The lowest BCUT2D eigenvalue weighted by Gasteiger charge is -2.17. The van der Waals surface area contributed by atoms with Gasteiger partial charge in [-0.05, 0) is 44.8 Å². The first-order chi connectivity index (χ1) is 8.64. The maximum Gasteiger partial charge on any atom is 0.137 e. The first-order valence-corrected chi connectivity index (χ1v) is 7.92. The van der Waals surface area contributed by atoms with Crippen molar-refractivity contribution in [2.24, 2.45) is 16.7 Å². The number of methoxy groups -OCH3 is 1. The summed E-state index contributed by atoms with van der Waals surface area (Å²) in [6.45, 7) is 9.05. The first kappa shape index (κ1) is 15.5. The predicted octanol–water partition coefficient (Wildman–Crippen LogP) is 6.07. The van der Waals surface area contributed by atoms with Crippen molar-refractivity contribution in [2.75, 3.05) is 7.11 Å². The van der Waals surface area contributed by atoms with Crippen LogP contribution in [0.2, 0.25) is 5.02 Å². The molecule has 0 amide bonds. The Kier molecular flexibility index (Phi) is 3.92. The predicted molar refractivity (Wildman–Crippen MR) is 85.4 cm³/mol. The molecule has 4 heteroatoms. The molecule has 1 nitrogen and oxygen atoms in total. The van der Waals surface area contributed by atoms with Crippen molar-refractivity contribution < 1.29 is 4.74 Å². The highest BCUT2D eigenvalue weighted by Gasteiger charge is 2.67. The van der Waals surface area contributed by atoms with Crippen LogP contribution in [-0.2, 0) is 0 Å². The third-order valence-electron chi connectivity index (χ3n) is 4.96. The minimum absolute atomic E-state index is 0.102. The first-order valence-electron chi connectivity index (χ1n) is 6.31. The number of ether oxygens (including phenoxy) is 1. The van der Waals surface area contributed by atoms with Crippen LogP contribution in [0.5, 0.6) is 5.75 Å². The molecular formula is C15H19BrCl2O. The quantitative estimate of drug-likeness (QED) is 0.590. The molecule has 0 aliphatic heterocycles. The molecule has 1 atom stereocenters. The van der Waals surface area contributed by atoms with Gasteiger partial charge in [-0.25, -0.2) is 0 Å². The highest BCUT2D eigenvalue weighted by atomic mass is 79.9. The van der Waals surface area contributed by atoms with Gasteiger partial charge in [0.2, 0.25) is 0 Å². The standard InChI is InChI=1S/C15H19BrCl2O/c1-14(2)13(15(14,3)4)11(18)9-6-8(17)7-10(16)12(9)19-5/h6-7,11,13H,1-5H3. The summed E-state index contributed by atoms with van der Waals surface area (Å²) in [5, 5.41) is 0.569. The third-order valence-corrected chi connectivity index (χ3v) is 6.26. The Labute approximate surface area is 133 Å². The molecule has 1 aliphatic rings. The summed E-state index contributed by atoms with van der Waals surface area (Å²) in [6.07, 6.45) is 0. The Morgan fingerprint density at radius 1 is 1.21 bits per heavy atom. The Bertz CT molecular complexity index is 497. The van der Waals surface area contributed by atoms with Crippen molar-refractivity contribution in [3.8, 4) is 5.75 Å². The highest BCUT2D eigenvalue weighted by Crippen LogP contribution is 2.74. The van der Waals surface area contributed by atoms with Crippen LogP contribution >= 0.6 is 39.1 Å². The second-order valence-corrected chi connectivity index (χ2v) is 8.09. The Balaban J connectivity index is 2.44. The molecule has 106 valence electrons. The van der Waals surface area contributed by atoms with Gasteiger partial charge in [0.05, 0.1) is 17.0 Å². The molecule has 1 unspecified atom stereocenters. The second-order valence-electron chi connectivity index (χ2n) is 6.33. The maximum absolute atomic E-state index is 6.74. The molecule has 0 radical (unpaired) electrons. The number of hydrogen-bond acceptors (Lipinski definition) is 1. The van der Waals surface area contributed by atoms with E-state index in [1.54, 1.807) is 7.11 Å². The Hall–Kier alpha value is 0.0800. The van der Waals surface area contributed by atoms with Crippen LogP contribution in [0.25, 0.3) is 0 Å². The summed E-state index contributed by atoms with van der Waals surface area (Å²) >= 11 is 16.4. The van der Waals surface area contributed by atoms with Crippen LogP contribution in [0.1, 0.15) is 38.6 Å². The molecule has 0 heterocycles. The topological polar surface area (TPSA) is 9.23 Å². The molecule has 0 bridgehead atoms. The number of alkyl halides is 1. The maximum atomic E-state index is 6.74. The molecule has 19 heavy (non-hydrogen) atoms. The molecule has 0 aromatic heterocycles. The van der Waals surface area contributed by atoms with E-state index in [0.29, 0.717) is 10.9 Å². The van der Waals surface area contributed by atoms with Crippen molar-refractivity contribution in [3.63, 3.8) is 0 Å². The van der Waals surface area contributed by atoms with E-state index in [0.717, 1.165) is 15.8 Å². The lowest BCUT2D eigenvalue weighted by atomic mass is 10.0. The molecule has 0 spiro atoms. The van der Waals surface area contributed by atoms with Gasteiger partial charge in [-0.2, -0.15) is 0 Å². The second kappa shape index (κ2) is 4.82. The lowest BCUT2D eigenvalue weighted by Crippen LogP contribution is -2.03. The van der Waals surface area contributed by atoms with Crippen LogP contribution < -0.4 is 4.74 Å². The summed E-state index contributed by atoms with van der Waals surface area (Å²) < 4.78 is 6.32. The van der Waals surface area contributed by atoms with E-state index >= 15 is 0 Å². The number of benzene rings is 1. The van der Waals surface area contributed by atoms with Crippen LogP contribution in [0.3, 0.4) is 0 Å². The van der Waals surface area contributed by atoms with Crippen molar-refractivity contribution in [3.05, 3.63) is 27.2 Å². The Morgan fingerprint density at radius 3 is 2.16 bits per heavy atom. The zero-order valence-electron chi connectivity index (χ0n) is 11.9. The molecule has 1 saturated carbocycles. The molecule has 1 fully saturated rings. The smallest absolute Gasteiger partial charge is 0.137 e. The molecule has 1 aromatic carbocycles. The van der Waals surface area contributed by atoms with Gasteiger partial charge in [0.1, 0.15) is 5.75 Å². The normalized spacial score (nSPS) is 22.1. The van der Waals surface area contributed by atoms with Crippen molar-refractivity contribution in [1.29, 1.82) is 0 Å². The van der Waals surface area contributed by atoms with Crippen LogP contribution in [0.4, 0.5) is 0 Å². The minimum Gasteiger partial charge on any atom is -0.495 e. The van der Waals surface area contributed by atoms with Crippen LogP contribution in [-0.4, -0.2) is 7.11 Å². The summed E-state index contributed by atoms with van der Waals surface area (Å²) in [5.41, 5.74) is 1.41. The van der Waals surface area contributed by atoms with Gasteiger partial charge >= 0.3 is 0 Å². The minimum atomic E-state index is -0.102. The van der Waals surface area contributed by atoms with E-state index in [2.05, 4.69) is 43.6 Å². The van der Waals surface area contributed by atoms with E-state index in [1.165, 1.54) is 0 Å². The zero-order valence-corrected chi connectivity index (χ0v) is 14.9. The van der Waals surface area contributed by atoms with Gasteiger partial charge in [0, 0.05) is 10.6 Å². The SMILES string of the molecule is COc1c(Br)cc(Cl)cc1C(Cl)C1C(C)(C)C1(C)C. The fourth-order valence-corrected chi connectivity index (χ4v) is 4.95. The largest absolute Gasteiger partial charge is 0.495 e. The van der Waals surface area contributed by atoms with Crippen LogP contribution in [0, 0.1) is 16.7 Å². The summed E-state index contributed by atoms with van der Waals surface area (Å²) in [4.78, 5) is 0. The van der Waals surface area contributed by atoms with Gasteiger partial charge in [0.25, 0.3) is 0 Å². The molecule has 0 N–H and O–H groups in total. The van der Waals surface area contributed by atoms with E-state index in [9.17, 15) is 0 Å². The van der Waals surface area contributed by atoms with Crippen molar-refractivity contribution in [2.45, 2.75) is 33.1 Å². The molecule has 1 aliphatic carbocycles. The summed E-state index contributed by atoms with van der Waals surface area (Å²) in [5.74, 6) is 1.18. The average Bonchev–Trinajstić information content (AvgIpc) is 2.67. The van der Waals surface area contributed by atoms with Gasteiger partial charge in [-0.1, -0.05) is 39.3 Å². The van der Waals surface area contributed by atoms with Gasteiger partial charge in [-0.3, -0.25) is 0 Å². The number of rotatable bonds is 3. The van der Waals surface area contributed by atoms with Gasteiger partial charge in [-0.15, -0.1) is 11.6 Å². The number of hydrogen-bond donors (Lipinski definition) is 0. The van der Waals surface area contributed by atoms with Crippen LogP contribution in [0.15, 0.2) is 16.6 Å². The van der Waals surface area contributed by atoms with E-state index in [4.69, 9.17) is 27.9 Å². The third kappa shape index (κ3) is 2.30. The van der Waals surface area contributed by atoms with E-state index < -0.39 is 0 Å². The monoisotopic (exact) mass is 364 g/mol. The van der Waals surface area contributed by atoms with Crippen molar-refractivity contribution in [1.82, 2.24) is 0 Å². The summed E-state index contributed by atoms with van der Waals surface area (Å²) in [7, 11) is 1.66. The molecule has 0 saturated heterocycles. The highest BCUT2D eigenvalue weighted by molar-refractivity contribution is 9.10. The van der Waals surface area contributed by atoms with Crippen molar-refractivity contribution >= 4 is 39.1 Å². The van der Waals surface area contributed by atoms with E-state index in [1.807, 2.05) is 12.1 Å². The fourth-order valence-electron chi connectivity index (χ4n) is 3.16. The zero-order chi connectivity index (χ0) is 14.6. The molecule has 2 rings (SSSR count). The molecule has 1 aromatic rings. The average molecular weight is 366 g/mol. The van der Waals surface area contributed by atoms with Gasteiger partial charge < -0.3 is 4.74 Å². The van der Waals surface area contributed by atoms with Gasteiger partial charge in [0.15, 0.2) is 0 Å². The lowest BCUT2D eigenvalue weighted by molar-refractivity contribution is 0.403. The number of halogens is 3.